The predicted molar refractivity (Wildman–Crippen MR) is 60.1 cm³/mol. The van der Waals surface area contributed by atoms with Crippen molar-refractivity contribution in [3.8, 4) is 0 Å². The Morgan fingerprint density at radius 1 is 1.43 bits per heavy atom. The van der Waals surface area contributed by atoms with E-state index in [1.165, 1.54) is 0 Å². The highest BCUT2D eigenvalue weighted by atomic mass is 32.2. The summed E-state index contributed by atoms with van der Waals surface area (Å²) in [7, 11) is 0. The molecule has 72 valence electrons. The van der Waals surface area contributed by atoms with E-state index < -0.39 is 0 Å². The number of aromatic nitrogens is 1. The molecule has 0 saturated heterocycles. The lowest BCUT2D eigenvalue weighted by molar-refractivity contribution is 0.744. The van der Waals surface area contributed by atoms with Crippen molar-refractivity contribution in [3.63, 3.8) is 0 Å². The number of hydrogen-bond acceptors (Lipinski definition) is 4. The van der Waals surface area contributed by atoms with Crippen molar-refractivity contribution in [2.24, 2.45) is 4.99 Å². The van der Waals surface area contributed by atoms with Crippen LogP contribution in [0.2, 0.25) is 0 Å². The third kappa shape index (κ3) is 1.80. The maximum atomic E-state index is 4.33. The first-order chi connectivity index (χ1) is 6.92. The summed E-state index contributed by atoms with van der Waals surface area (Å²) >= 11 is 1.66. The van der Waals surface area contributed by atoms with Crippen molar-refractivity contribution in [2.45, 2.75) is 0 Å². The molecule has 1 aromatic rings. The molecule has 0 N–H and O–H groups in total. The lowest BCUT2D eigenvalue weighted by atomic mass is 10.3. The summed E-state index contributed by atoms with van der Waals surface area (Å²) in [6, 6.07) is 5.86. The van der Waals surface area contributed by atoms with Crippen molar-refractivity contribution in [2.75, 3.05) is 12.8 Å². The van der Waals surface area contributed by atoms with Gasteiger partial charge in [0.1, 0.15) is 5.69 Å². The Morgan fingerprint density at radius 3 is 3.07 bits per heavy atom. The Bertz CT molecular complexity index is 359. The fraction of sp³-hybridized carbons (Fsp3) is 0.200. The summed E-state index contributed by atoms with van der Waals surface area (Å²) in [5.41, 5.74) is 0.922. The van der Waals surface area contributed by atoms with E-state index in [0.717, 1.165) is 18.1 Å². The molecule has 1 aliphatic rings. The van der Waals surface area contributed by atoms with Gasteiger partial charge in [-0.2, -0.15) is 0 Å². The van der Waals surface area contributed by atoms with Crippen LogP contribution in [-0.4, -0.2) is 27.9 Å². The zero-order valence-corrected chi connectivity index (χ0v) is 8.74. The zero-order valence-electron chi connectivity index (χ0n) is 7.92. The van der Waals surface area contributed by atoms with Gasteiger partial charge in [0.05, 0.1) is 6.54 Å². The van der Waals surface area contributed by atoms with E-state index >= 15 is 0 Å². The minimum absolute atomic E-state index is 0.885. The highest BCUT2D eigenvalue weighted by molar-refractivity contribution is 7.96. The summed E-state index contributed by atoms with van der Waals surface area (Å²) in [4.78, 5) is 8.61. The molecule has 0 atom stereocenters. The SMILES string of the molecule is CSN1CC=CN=C1c1ccccn1. The lowest BCUT2D eigenvalue weighted by Crippen LogP contribution is -2.27. The van der Waals surface area contributed by atoms with Gasteiger partial charge in [0.25, 0.3) is 0 Å². The van der Waals surface area contributed by atoms with Crippen LogP contribution < -0.4 is 0 Å². The van der Waals surface area contributed by atoms with E-state index in [9.17, 15) is 0 Å². The molecule has 0 aliphatic carbocycles. The van der Waals surface area contributed by atoms with Crippen LogP contribution in [0.25, 0.3) is 0 Å². The minimum Gasteiger partial charge on any atom is -0.295 e. The second-order valence-electron chi connectivity index (χ2n) is 2.80. The number of pyridine rings is 1. The van der Waals surface area contributed by atoms with Gasteiger partial charge in [0.15, 0.2) is 5.84 Å². The van der Waals surface area contributed by atoms with Crippen LogP contribution in [-0.2, 0) is 0 Å². The van der Waals surface area contributed by atoms with E-state index in [1.54, 1.807) is 18.1 Å². The Labute approximate surface area is 87.7 Å². The average molecular weight is 205 g/mol. The van der Waals surface area contributed by atoms with E-state index in [1.807, 2.05) is 36.7 Å². The number of amidine groups is 1. The number of nitrogens with zero attached hydrogens (tertiary/aromatic N) is 3. The van der Waals surface area contributed by atoms with E-state index in [-0.39, 0.29) is 0 Å². The van der Waals surface area contributed by atoms with Crippen LogP contribution in [0.5, 0.6) is 0 Å². The second-order valence-corrected chi connectivity index (χ2v) is 3.60. The molecule has 0 aromatic carbocycles. The molecule has 0 spiro atoms. The molecule has 1 aliphatic heterocycles. The topological polar surface area (TPSA) is 28.5 Å². The summed E-state index contributed by atoms with van der Waals surface area (Å²) in [6.45, 7) is 0.885. The highest BCUT2D eigenvalue weighted by Crippen LogP contribution is 2.14. The lowest BCUT2D eigenvalue weighted by Gasteiger charge is -2.22. The molecule has 3 nitrogen and oxygen atoms in total. The summed E-state index contributed by atoms with van der Waals surface area (Å²) < 4.78 is 2.11. The first-order valence-corrected chi connectivity index (χ1v) is 5.56. The molecule has 0 radical (unpaired) electrons. The summed E-state index contributed by atoms with van der Waals surface area (Å²) in [6.07, 6.45) is 7.69. The molecule has 0 bridgehead atoms. The van der Waals surface area contributed by atoms with Gasteiger partial charge in [-0.15, -0.1) is 0 Å². The molecule has 2 rings (SSSR count). The maximum absolute atomic E-state index is 4.33. The number of rotatable bonds is 2. The molecular weight excluding hydrogens is 194 g/mol. The quantitative estimate of drug-likeness (QED) is 0.691. The molecule has 4 heteroatoms. The van der Waals surface area contributed by atoms with E-state index in [0.29, 0.717) is 0 Å². The third-order valence-corrected chi connectivity index (χ3v) is 2.69. The largest absolute Gasteiger partial charge is 0.295 e. The predicted octanol–water partition coefficient (Wildman–Crippen LogP) is 1.94. The average Bonchev–Trinajstić information content (AvgIpc) is 2.30. The van der Waals surface area contributed by atoms with Gasteiger partial charge in [-0.1, -0.05) is 18.0 Å². The van der Waals surface area contributed by atoms with Crippen LogP contribution in [0.4, 0.5) is 0 Å². The standard InChI is InChI=1S/C10H11N3S/c1-14-13-8-4-7-12-10(13)9-5-2-3-6-11-9/h2-7H,8H2,1H3. The molecule has 14 heavy (non-hydrogen) atoms. The molecule has 0 amide bonds. The van der Waals surface area contributed by atoms with Gasteiger partial charge < -0.3 is 0 Å². The second kappa shape index (κ2) is 4.28. The van der Waals surface area contributed by atoms with Gasteiger partial charge in [-0.3, -0.25) is 9.29 Å². The fourth-order valence-electron chi connectivity index (χ4n) is 1.27. The van der Waals surface area contributed by atoms with Gasteiger partial charge in [0.2, 0.25) is 0 Å². The Kier molecular flexibility index (Phi) is 2.84. The van der Waals surface area contributed by atoms with Crippen molar-refractivity contribution in [1.82, 2.24) is 9.29 Å². The van der Waals surface area contributed by atoms with Crippen LogP contribution in [0.15, 0.2) is 41.7 Å². The van der Waals surface area contributed by atoms with Crippen molar-refractivity contribution in [1.29, 1.82) is 0 Å². The first kappa shape index (κ1) is 9.27. The molecule has 2 heterocycles. The Morgan fingerprint density at radius 2 is 2.36 bits per heavy atom. The normalized spacial score (nSPS) is 15.5. The molecule has 0 saturated carbocycles. The van der Waals surface area contributed by atoms with E-state index in [2.05, 4.69) is 14.3 Å². The van der Waals surface area contributed by atoms with Gasteiger partial charge in [0, 0.05) is 18.7 Å². The van der Waals surface area contributed by atoms with Crippen LogP contribution in [0, 0.1) is 0 Å². The van der Waals surface area contributed by atoms with Crippen molar-refractivity contribution >= 4 is 17.8 Å². The van der Waals surface area contributed by atoms with Gasteiger partial charge >= 0.3 is 0 Å². The summed E-state index contributed by atoms with van der Waals surface area (Å²) in [5.74, 6) is 0.931. The van der Waals surface area contributed by atoms with Crippen LogP contribution in [0.3, 0.4) is 0 Å². The minimum atomic E-state index is 0.885. The molecule has 0 unspecified atom stereocenters. The molecule has 0 fully saturated rings. The van der Waals surface area contributed by atoms with Crippen molar-refractivity contribution in [3.05, 3.63) is 42.4 Å². The van der Waals surface area contributed by atoms with E-state index in [4.69, 9.17) is 0 Å². The Balaban J connectivity index is 2.32. The van der Waals surface area contributed by atoms with Crippen LogP contribution >= 0.6 is 11.9 Å². The number of aliphatic imine (C=N–C) groups is 1. The van der Waals surface area contributed by atoms with Gasteiger partial charge in [-0.25, -0.2) is 4.99 Å². The smallest absolute Gasteiger partial charge is 0.164 e. The van der Waals surface area contributed by atoms with Crippen molar-refractivity contribution < 1.29 is 0 Å². The monoisotopic (exact) mass is 205 g/mol. The maximum Gasteiger partial charge on any atom is 0.164 e. The number of hydrogen-bond donors (Lipinski definition) is 0. The zero-order chi connectivity index (χ0) is 9.80. The highest BCUT2D eigenvalue weighted by Gasteiger charge is 2.14. The first-order valence-electron chi connectivity index (χ1n) is 4.37. The van der Waals surface area contributed by atoms with Gasteiger partial charge in [-0.05, 0) is 18.2 Å². The fourth-order valence-corrected chi connectivity index (χ4v) is 1.82. The molecule has 1 aromatic heterocycles. The summed E-state index contributed by atoms with van der Waals surface area (Å²) in [5, 5.41) is 0. The molecular formula is C10H11N3S. The third-order valence-electron chi connectivity index (χ3n) is 1.92. The Hall–Kier alpha value is -1.29. The van der Waals surface area contributed by atoms with Crippen LogP contribution in [0.1, 0.15) is 5.69 Å².